The molecule has 4 nitrogen and oxygen atoms in total. The van der Waals surface area contributed by atoms with E-state index in [4.69, 9.17) is 18.8 Å². The maximum absolute atomic E-state index is 6.07. The Hall–Kier alpha value is -3.92. The lowest BCUT2D eigenvalue weighted by Crippen LogP contribution is -1.86. The molecule has 0 saturated carbocycles. The lowest BCUT2D eigenvalue weighted by molar-refractivity contribution is 0.619. The summed E-state index contributed by atoms with van der Waals surface area (Å²) < 4.78 is 12.1. The van der Waals surface area contributed by atoms with Crippen LogP contribution in [0.3, 0.4) is 0 Å². The van der Waals surface area contributed by atoms with Gasteiger partial charge in [0.1, 0.15) is 11.0 Å². The SMILES string of the molecule is Cc1ccc2oc(-c3ccc(-c4nc5cc(C)ccc5o4)c4ccccc34)nc2c1. The van der Waals surface area contributed by atoms with Crippen molar-refractivity contribution in [3.8, 4) is 22.9 Å². The average Bonchev–Trinajstić information content (AvgIpc) is 3.36. The maximum atomic E-state index is 6.07. The molecule has 0 N–H and O–H groups in total. The largest absolute Gasteiger partial charge is 0.436 e. The normalized spacial score (nSPS) is 11.7. The first kappa shape index (κ1) is 17.0. The molecule has 0 radical (unpaired) electrons. The Labute approximate surface area is 172 Å². The Morgan fingerprint density at radius 3 is 1.50 bits per heavy atom. The van der Waals surface area contributed by atoms with Gasteiger partial charge in [-0.25, -0.2) is 9.97 Å². The minimum atomic E-state index is 0.617. The summed E-state index contributed by atoms with van der Waals surface area (Å²) >= 11 is 0. The summed E-state index contributed by atoms with van der Waals surface area (Å²) in [5.41, 5.74) is 7.55. The fourth-order valence-electron chi connectivity index (χ4n) is 3.98. The van der Waals surface area contributed by atoms with E-state index in [1.165, 1.54) is 0 Å². The number of benzene rings is 4. The quantitative estimate of drug-likeness (QED) is 0.317. The van der Waals surface area contributed by atoms with Crippen molar-refractivity contribution >= 4 is 33.0 Å². The van der Waals surface area contributed by atoms with Crippen molar-refractivity contribution in [2.45, 2.75) is 13.8 Å². The summed E-state index contributed by atoms with van der Waals surface area (Å²) in [5.74, 6) is 1.23. The minimum Gasteiger partial charge on any atom is -0.436 e. The van der Waals surface area contributed by atoms with Crippen LogP contribution in [0, 0.1) is 13.8 Å². The lowest BCUT2D eigenvalue weighted by Gasteiger charge is -2.07. The minimum absolute atomic E-state index is 0.617. The molecular weight excluding hydrogens is 372 g/mol. The zero-order valence-corrected chi connectivity index (χ0v) is 16.6. The number of aromatic nitrogens is 2. The molecule has 0 fully saturated rings. The number of rotatable bonds is 2. The number of hydrogen-bond donors (Lipinski definition) is 0. The second-order valence-corrected chi connectivity index (χ2v) is 7.69. The van der Waals surface area contributed by atoms with E-state index in [1.807, 2.05) is 60.7 Å². The van der Waals surface area contributed by atoms with Crippen LogP contribution in [-0.2, 0) is 0 Å². The van der Waals surface area contributed by atoms with Gasteiger partial charge in [-0.1, -0.05) is 36.4 Å². The Balaban J connectivity index is 1.57. The van der Waals surface area contributed by atoms with Crippen molar-refractivity contribution in [3.05, 3.63) is 83.9 Å². The second kappa shape index (κ2) is 6.29. The molecule has 0 bridgehead atoms. The van der Waals surface area contributed by atoms with Crippen molar-refractivity contribution in [3.63, 3.8) is 0 Å². The monoisotopic (exact) mass is 390 g/mol. The standard InChI is InChI=1S/C26H18N2O2/c1-15-7-11-23-21(13-15)27-25(29-23)19-9-10-20(18-6-4-3-5-17(18)19)26-28-22-14-16(2)8-12-24(22)30-26/h3-14H,1-2H3. The molecule has 0 atom stereocenters. The topological polar surface area (TPSA) is 52.1 Å². The molecule has 0 saturated heterocycles. The van der Waals surface area contributed by atoms with Gasteiger partial charge < -0.3 is 8.83 Å². The predicted molar refractivity (Wildman–Crippen MR) is 119 cm³/mol. The summed E-state index contributed by atoms with van der Waals surface area (Å²) in [7, 11) is 0. The van der Waals surface area contributed by atoms with Crippen LogP contribution in [-0.4, -0.2) is 9.97 Å². The van der Waals surface area contributed by atoms with E-state index < -0.39 is 0 Å². The van der Waals surface area contributed by atoms with Crippen molar-refractivity contribution in [1.82, 2.24) is 9.97 Å². The van der Waals surface area contributed by atoms with Crippen LogP contribution in [0.5, 0.6) is 0 Å². The fourth-order valence-corrected chi connectivity index (χ4v) is 3.98. The van der Waals surface area contributed by atoms with Crippen LogP contribution in [0.2, 0.25) is 0 Å². The van der Waals surface area contributed by atoms with Crippen LogP contribution in [0.4, 0.5) is 0 Å². The van der Waals surface area contributed by atoms with Crippen molar-refractivity contribution in [1.29, 1.82) is 0 Å². The van der Waals surface area contributed by atoms with Crippen LogP contribution in [0.15, 0.2) is 81.6 Å². The molecule has 6 rings (SSSR count). The lowest BCUT2D eigenvalue weighted by atomic mass is 9.99. The Morgan fingerprint density at radius 2 is 1.03 bits per heavy atom. The summed E-state index contributed by atoms with van der Waals surface area (Å²) in [5, 5.41) is 2.11. The highest BCUT2D eigenvalue weighted by atomic mass is 16.4. The Morgan fingerprint density at radius 1 is 0.567 bits per heavy atom. The van der Waals surface area contributed by atoms with Gasteiger partial charge >= 0.3 is 0 Å². The average molecular weight is 390 g/mol. The van der Waals surface area contributed by atoms with Gasteiger partial charge in [-0.3, -0.25) is 0 Å². The first-order chi connectivity index (χ1) is 14.7. The summed E-state index contributed by atoms with van der Waals surface area (Å²) in [6.45, 7) is 4.11. The first-order valence-corrected chi connectivity index (χ1v) is 9.93. The molecule has 30 heavy (non-hydrogen) atoms. The fraction of sp³-hybridized carbons (Fsp3) is 0.0769. The number of oxazole rings is 2. The van der Waals surface area contributed by atoms with E-state index in [-0.39, 0.29) is 0 Å². The van der Waals surface area contributed by atoms with E-state index in [2.05, 4.69) is 26.0 Å². The Bertz CT molecular complexity index is 1450. The molecule has 6 aromatic rings. The zero-order chi connectivity index (χ0) is 20.2. The number of fused-ring (bicyclic) bond motifs is 3. The predicted octanol–water partition coefficient (Wildman–Crippen LogP) is 7.07. The van der Waals surface area contributed by atoms with E-state index >= 15 is 0 Å². The molecular formula is C26H18N2O2. The maximum Gasteiger partial charge on any atom is 0.227 e. The molecule has 144 valence electrons. The van der Waals surface area contributed by atoms with Crippen molar-refractivity contribution in [2.75, 3.05) is 0 Å². The Kier molecular flexibility index (Phi) is 3.56. The van der Waals surface area contributed by atoms with Crippen LogP contribution in [0.25, 0.3) is 55.9 Å². The van der Waals surface area contributed by atoms with Crippen LogP contribution >= 0.6 is 0 Å². The van der Waals surface area contributed by atoms with Gasteiger partial charge in [-0.15, -0.1) is 0 Å². The summed E-state index contributed by atoms with van der Waals surface area (Å²) in [6.07, 6.45) is 0. The third-order valence-corrected chi connectivity index (χ3v) is 5.47. The van der Waals surface area contributed by atoms with Gasteiger partial charge in [0.15, 0.2) is 11.2 Å². The highest BCUT2D eigenvalue weighted by Gasteiger charge is 2.17. The molecule has 0 aliphatic heterocycles. The summed E-state index contributed by atoms with van der Waals surface area (Å²) in [4.78, 5) is 9.47. The number of hydrogen-bond acceptors (Lipinski definition) is 4. The van der Waals surface area contributed by atoms with Crippen molar-refractivity contribution < 1.29 is 8.83 Å². The van der Waals surface area contributed by atoms with Crippen LogP contribution < -0.4 is 0 Å². The molecule has 2 heterocycles. The number of nitrogens with zero attached hydrogens (tertiary/aromatic N) is 2. The third kappa shape index (κ3) is 2.61. The smallest absolute Gasteiger partial charge is 0.227 e. The molecule has 2 aromatic heterocycles. The van der Waals surface area contributed by atoms with Gasteiger partial charge in [0.2, 0.25) is 11.8 Å². The molecule has 0 spiro atoms. The molecule has 0 unspecified atom stereocenters. The molecule has 0 aliphatic carbocycles. The first-order valence-electron chi connectivity index (χ1n) is 9.93. The van der Waals surface area contributed by atoms with Gasteiger partial charge in [0, 0.05) is 11.1 Å². The van der Waals surface area contributed by atoms with E-state index in [0.717, 1.165) is 55.2 Å². The summed E-state index contributed by atoms with van der Waals surface area (Å²) in [6, 6.07) is 24.4. The van der Waals surface area contributed by atoms with E-state index in [1.54, 1.807) is 0 Å². The molecule has 0 amide bonds. The third-order valence-electron chi connectivity index (χ3n) is 5.47. The highest BCUT2D eigenvalue weighted by molar-refractivity contribution is 6.03. The van der Waals surface area contributed by atoms with Gasteiger partial charge in [0.05, 0.1) is 0 Å². The zero-order valence-electron chi connectivity index (χ0n) is 16.6. The van der Waals surface area contributed by atoms with Gasteiger partial charge in [0.25, 0.3) is 0 Å². The number of aryl methyl sites for hydroxylation is 2. The van der Waals surface area contributed by atoms with Crippen molar-refractivity contribution in [2.24, 2.45) is 0 Å². The van der Waals surface area contributed by atoms with Gasteiger partial charge in [-0.2, -0.15) is 0 Å². The molecule has 4 heteroatoms. The molecule has 4 aromatic carbocycles. The second-order valence-electron chi connectivity index (χ2n) is 7.69. The van der Waals surface area contributed by atoms with Crippen LogP contribution in [0.1, 0.15) is 11.1 Å². The molecule has 0 aliphatic rings. The van der Waals surface area contributed by atoms with E-state index in [0.29, 0.717) is 11.8 Å². The van der Waals surface area contributed by atoms with E-state index in [9.17, 15) is 0 Å². The highest BCUT2D eigenvalue weighted by Crippen LogP contribution is 2.37. The van der Waals surface area contributed by atoms with Gasteiger partial charge in [-0.05, 0) is 72.1 Å².